The van der Waals surface area contributed by atoms with Crippen LogP contribution in [-0.2, 0) is 14.8 Å². The Morgan fingerprint density at radius 2 is 1.38 bits per heavy atom. The molecule has 13 nitrogen and oxygen atoms in total. The lowest BCUT2D eigenvalue weighted by molar-refractivity contribution is 0.122. The number of rotatable bonds is 7. The number of benzene rings is 1. The number of piperazine rings is 1. The standard InChI is InChI=1S/C25H31N9O4S/c1-2-39(36,37)34-13-11-32(12-14-34)23-29-22(30-24(31-23)33-15-17-38-18-16-33)19-3-5-20(6-4-19)27-25(35)28-21-7-9-26-10-8-21/h3-10H,2,11-18H2,1H3,(H2,26,27,28,35). The van der Waals surface area contributed by atoms with E-state index >= 15 is 0 Å². The largest absolute Gasteiger partial charge is 0.378 e. The predicted molar refractivity (Wildman–Crippen MR) is 148 cm³/mol. The zero-order valence-electron chi connectivity index (χ0n) is 21.7. The zero-order chi connectivity index (χ0) is 27.2. The molecule has 0 saturated carbocycles. The summed E-state index contributed by atoms with van der Waals surface area (Å²) in [6.45, 7) is 5.90. The van der Waals surface area contributed by atoms with Gasteiger partial charge < -0.3 is 25.2 Å². The van der Waals surface area contributed by atoms with Gasteiger partial charge >= 0.3 is 6.03 Å². The Hall–Kier alpha value is -3.88. The second-order valence-corrected chi connectivity index (χ2v) is 11.3. The minimum atomic E-state index is -3.24. The Kier molecular flexibility index (Phi) is 8.14. The second kappa shape index (κ2) is 11.9. The van der Waals surface area contributed by atoms with Gasteiger partial charge in [0.25, 0.3) is 0 Å². The van der Waals surface area contributed by atoms with E-state index in [0.29, 0.717) is 81.6 Å². The monoisotopic (exact) mass is 553 g/mol. The van der Waals surface area contributed by atoms with Crippen molar-refractivity contribution >= 4 is 39.3 Å². The molecule has 0 atom stereocenters. The van der Waals surface area contributed by atoms with E-state index in [9.17, 15) is 13.2 Å². The molecule has 0 bridgehead atoms. The molecule has 0 spiro atoms. The summed E-state index contributed by atoms with van der Waals surface area (Å²) in [7, 11) is -3.24. The lowest BCUT2D eigenvalue weighted by Gasteiger charge is -2.34. The van der Waals surface area contributed by atoms with Crippen molar-refractivity contribution in [2.45, 2.75) is 6.92 Å². The van der Waals surface area contributed by atoms with Crippen LogP contribution in [0.15, 0.2) is 48.8 Å². The van der Waals surface area contributed by atoms with Crippen LogP contribution in [0.4, 0.5) is 28.1 Å². The molecule has 2 fully saturated rings. The first kappa shape index (κ1) is 26.7. The van der Waals surface area contributed by atoms with Crippen LogP contribution in [0.5, 0.6) is 0 Å². The number of hydrogen-bond donors (Lipinski definition) is 2. The normalized spacial score (nSPS) is 16.6. The molecular formula is C25H31N9O4S. The maximum Gasteiger partial charge on any atom is 0.323 e. The molecule has 2 amide bonds. The number of carbonyl (C=O) groups is 1. The number of urea groups is 1. The highest BCUT2D eigenvalue weighted by molar-refractivity contribution is 7.89. The van der Waals surface area contributed by atoms with E-state index < -0.39 is 10.0 Å². The van der Waals surface area contributed by atoms with E-state index in [-0.39, 0.29) is 11.8 Å². The molecule has 2 N–H and O–H groups in total. The molecule has 1 aromatic carbocycles. The Morgan fingerprint density at radius 1 is 0.821 bits per heavy atom. The van der Waals surface area contributed by atoms with Crippen LogP contribution < -0.4 is 20.4 Å². The summed E-state index contributed by atoms with van der Waals surface area (Å²) >= 11 is 0. The molecule has 5 rings (SSSR count). The summed E-state index contributed by atoms with van der Waals surface area (Å²) in [4.78, 5) is 34.6. The van der Waals surface area contributed by atoms with Gasteiger partial charge in [0, 0.05) is 68.6 Å². The molecule has 2 aliphatic rings. The van der Waals surface area contributed by atoms with Crippen molar-refractivity contribution < 1.29 is 17.9 Å². The number of anilines is 4. The molecule has 14 heteroatoms. The van der Waals surface area contributed by atoms with Gasteiger partial charge in [-0.1, -0.05) is 0 Å². The minimum Gasteiger partial charge on any atom is -0.378 e. The average Bonchev–Trinajstić information content (AvgIpc) is 2.98. The second-order valence-electron chi connectivity index (χ2n) is 9.04. The van der Waals surface area contributed by atoms with Crippen LogP contribution in [0.2, 0.25) is 0 Å². The van der Waals surface area contributed by atoms with Gasteiger partial charge in [-0.3, -0.25) is 4.98 Å². The van der Waals surface area contributed by atoms with Crippen molar-refractivity contribution in [1.29, 1.82) is 0 Å². The van der Waals surface area contributed by atoms with E-state index in [1.165, 1.54) is 4.31 Å². The number of aromatic nitrogens is 4. The molecule has 0 radical (unpaired) electrons. The zero-order valence-corrected chi connectivity index (χ0v) is 22.5. The summed E-state index contributed by atoms with van der Waals surface area (Å²) in [5.41, 5.74) is 2.02. The smallest absolute Gasteiger partial charge is 0.323 e. The van der Waals surface area contributed by atoms with Gasteiger partial charge in [-0.2, -0.15) is 19.3 Å². The van der Waals surface area contributed by atoms with Gasteiger partial charge in [0.1, 0.15) is 0 Å². The van der Waals surface area contributed by atoms with Crippen molar-refractivity contribution in [3.63, 3.8) is 0 Å². The molecule has 4 heterocycles. The maximum absolute atomic E-state index is 12.3. The van der Waals surface area contributed by atoms with Gasteiger partial charge in [-0.25, -0.2) is 13.2 Å². The summed E-state index contributed by atoms with van der Waals surface area (Å²) < 4.78 is 31.6. The van der Waals surface area contributed by atoms with Gasteiger partial charge in [-0.15, -0.1) is 0 Å². The van der Waals surface area contributed by atoms with Gasteiger partial charge in [0.15, 0.2) is 5.82 Å². The fraction of sp³-hybridized carbons (Fsp3) is 0.400. The Morgan fingerprint density at radius 3 is 1.97 bits per heavy atom. The lowest BCUT2D eigenvalue weighted by atomic mass is 10.2. The number of pyridine rings is 1. The average molecular weight is 554 g/mol. The van der Waals surface area contributed by atoms with Crippen LogP contribution in [0.25, 0.3) is 11.4 Å². The van der Waals surface area contributed by atoms with E-state index in [1.54, 1.807) is 43.6 Å². The number of nitrogens with zero attached hydrogens (tertiary/aromatic N) is 7. The number of amides is 2. The number of morpholine rings is 1. The molecule has 2 saturated heterocycles. The molecule has 3 aromatic rings. The Labute approximate surface area is 227 Å². The highest BCUT2D eigenvalue weighted by Crippen LogP contribution is 2.24. The Balaban J connectivity index is 1.35. The van der Waals surface area contributed by atoms with Crippen molar-refractivity contribution in [2.24, 2.45) is 0 Å². The van der Waals surface area contributed by atoms with Crippen molar-refractivity contribution in [2.75, 3.05) is 78.7 Å². The third kappa shape index (κ3) is 6.58. The number of ether oxygens (including phenoxy) is 1. The maximum atomic E-state index is 12.3. The van der Waals surface area contributed by atoms with E-state index in [2.05, 4.69) is 20.5 Å². The summed E-state index contributed by atoms with van der Waals surface area (Å²) in [6.07, 6.45) is 3.21. The van der Waals surface area contributed by atoms with Crippen LogP contribution in [0.3, 0.4) is 0 Å². The highest BCUT2D eigenvalue weighted by Gasteiger charge is 2.28. The van der Waals surface area contributed by atoms with Crippen molar-refractivity contribution in [3.05, 3.63) is 48.8 Å². The van der Waals surface area contributed by atoms with Gasteiger partial charge in [0.2, 0.25) is 21.9 Å². The van der Waals surface area contributed by atoms with Crippen LogP contribution >= 0.6 is 0 Å². The van der Waals surface area contributed by atoms with E-state index in [1.807, 2.05) is 17.0 Å². The van der Waals surface area contributed by atoms with Gasteiger partial charge in [-0.05, 0) is 43.3 Å². The molecule has 2 aromatic heterocycles. The SMILES string of the molecule is CCS(=O)(=O)N1CCN(c2nc(-c3ccc(NC(=O)Nc4ccncc4)cc3)nc(N3CCOCC3)n2)CC1. The third-order valence-electron chi connectivity index (χ3n) is 6.52. The van der Waals surface area contributed by atoms with Crippen LogP contribution in [0, 0.1) is 0 Å². The molecular weight excluding hydrogens is 522 g/mol. The molecule has 0 aliphatic carbocycles. The highest BCUT2D eigenvalue weighted by atomic mass is 32.2. The van der Waals surface area contributed by atoms with Crippen LogP contribution in [0.1, 0.15) is 6.92 Å². The number of sulfonamides is 1. The first-order valence-electron chi connectivity index (χ1n) is 12.8. The van der Waals surface area contributed by atoms with Crippen molar-refractivity contribution in [1.82, 2.24) is 24.2 Å². The summed E-state index contributed by atoms with van der Waals surface area (Å²) in [6, 6.07) is 10.3. The van der Waals surface area contributed by atoms with Crippen LogP contribution in [-0.4, -0.2) is 96.9 Å². The fourth-order valence-electron chi connectivity index (χ4n) is 4.31. The third-order valence-corrected chi connectivity index (χ3v) is 8.41. The molecule has 39 heavy (non-hydrogen) atoms. The van der Waals surface area contributed by atoms with E-state index in [4.69, 9.17) is 19.7 Å². The lowest BCUT2D eigenvalue weighted by Crippen LogP contribution is -2.49. The van der Waals surface area contributed by atoms with Gasteiger partial charge in [0.05, 0.1) is 19.0 Å². The van der Waals surface area contributed by atoms with E-state index in [0.717, 1.165) is 5.56 Å². The summed E-state index contributed by atoms with van der Waals surface area (Å²) in [5.74, 6) is 1.65. The van der Waals surface area contributed by atoms with Crippen molar-refractivity contribution in [3.8, 4) is 11.4 Å². The molecule has 206 valence electrons. The molecule has 0 unspecified atom stereocenters. The predicted octanol–water partition coefficient (Wildman–Crippen LogP) is 1.89. The fourth-order valence-corrected chi connectivity index (χ4v) is 5.39. The Bertz CT molecular complexity index is 1380. The number of carbonyl (C=O) groups excluding carboxylic acids is 1. The topological polar surface area (TPSA) is 146 Å². The first-order valence-corrected chi connectivity index (χ1v) is 14.4. The number of nitrogens with one attached hydrogen (secondary N) is 2. The quantitative estimate of drug-likeness (QED) is 0.445. The summed E-state index contributed by atoms with van der Waals surface area (Å²) in [5, 5.41) is 5.56. The molecule has 2 aliphatic heterocycles. The first-order chi connectivity index (χ1) is 18.9. The minimum absolute atomic E-state index is 0.0837. The number of hydrogen-bond acceptors (Lipinski definition) is 10.